The number of hydrogen-bond donors (Lipinski definition) is 2. The van der Waals surface area contributed by atoms with E-state index in [9.17, 15) is 10.2 Å². The Hall–Kier alpha value is -3.06. The molecule has 1 aliphatic carbocycles. The van der Waals surface area contributed by atoms with Crippen LogP contribution in [0.15, 0.2) is 66.7 Å². The normalized spacial score (nSPS) is 18.3. The van der Waals surface area contributed by atoms with Crippen molar-refractivity contribution in [3.63, 3.8) is 0 Å². The summed E-state index contributed by atoms with van der Waals surface area (Å²) in [6.07, 6.45) is 15.1. The number of ether oxygens (including phenoxy) is 1. The first-order chi connectivity index (χ1) is 21.6. The predicted octanol–water partition coefficient (Wildman–Crippen LogP) is 8.85. The van der Waals surface area contributed by atoms with Crippen molar-refractivity contribution in [3.8, 4) is 27.7 Å². The number of benzene rings is 3. The molecule has 0 spiro atoms. The monoisotopic (exact) mass is 612 g/mol. The average Bonchev–Trinajstić information content (AvgIpc) is 3.73. The maximum atomic E-state index is 10.4. The second-order valence-corrected chi connectivity index (χ2v) is 13.7. The average molecular weight is 613 g/mol. The summed E-state index contributed by atoms with van der Waals surface area (Å²) >= 11 is 1.62. The highest BCUT2D eigenvalue weighted by atomic mass is 32.1. The zero-order valence-electron chi connectivity index (χ0n) is 26.1. The first kappa shape index (κ1) is 30.9. The lowest BCUT2D eigenvalue weighted by Crippen LogP contribution is -2.40. The summed E-state index contributed by atoms with van der Waals surface area (Å²) in [6.45, 7) is 6.85. The van der Waals surface area contributed by atoms with Crippen LogP contribution in [0.2, 0.25) is 0 Å². The van der Waals surface area contributed by atoms with Crippen LogP contribution in [0.5, 0.6) is 17.2 Å². The summed E-state index contributed by atoms with van der Waals surface area (Å²) in [6, 6.07) is 22.3. The summed E-state index contributed by atoms with van der Waals surface area (Å²) in [5.74, 6) is 1.46. The van der Waals surface area contributed by atoms with Crippen molar-refractivity contribution < 1.29 is 14.9 Å². The van der Waals surface area contributed by atoms with Crippen LogP contribution in [-0.2, 0) is 6.42 Å². The molecular weight excluding hydrogens is 564 g/mol. The van der Waals surface area contributed by atoms with Gasteiger partial charge in [-0.25, -0.2) is 0 Å². The molecule has 234 valence electrons. The van der Waals surface area contributed by atoms with Gasteiger partial charge in [0.15, 0.2) is 0 Å². The van der Waals surface area contributed by atoms with Gasteiger partial charge in [-0.1, -0.05) is 49.9 Å². The van der Waals surface area contributed by atoms with Crippen LogP contribution in [0.25, 0.3) is 20.5 Å². The Morgan fingerprint density at radius 3 is 2.14 bits per heavy atom. The molecule has 0 radical (unpaired) electrons. The van der Waals surface area contributed by atoms with Gasteiger partial charge in [0.2, 0.25) is 0 Å². The SMILES string of the molecule is C1CCC(N2CCCCC2)CC1.Oc1ccc(Cc2c(-c3ccc(OCCN4CCCC4)cc3)sc3c(O)cccc23)cc1. The zero-order chi connectivity index (χ0) is 30.1. The van der Waals surface area contributed by atoms with Gasteiger partial charge in [0, 0.05) is 22.8 Å². The third kappa shape index (κ3) is 7.96. The number of likely N-dealkylation sites (tertiary alicyclic amines) is 2. The van der Waals surface area contributed by atoms with Crippen molar-refractivity contribution >= 4 is 21.4 Å². The van der Waals surface area contributed by atoms with E-state index in [1.54, 1.807) is 29.5 Å². The van der Waals surface area contributed by atoms with Gasteiger partial charge in [0.1, 0.15) is 23.9 Å². The van der Waals surface area contributed by atoms with Crippen LogP contribution >= 0.6 is 11.3 Å². The quantitative estimate of drug-likeness (QED) is 0.208. The predicted molar refractivity (Wildman–Crippen MR) is 183 cm³/mol. The van der Waals surface area contributed by atoms with Gasteiger partial charge < -0.3 is 19.8 Å². The maximum absolute atomic E-state index is 10.4. The molecule has 0 amide bonds. The van der Waals surface area contributed by atoms with E-state index in [4.69, 9.17) is 4.74 Å². The van der Waals surface area contributed by atoms with Gasteiger partial charge >= 0.3 is 0 Å². The second kappa shape index (κ2) is 15.3. The maximum Gasteiger partial charge on any atom is 0.133 e. The Morgan fingerprint density at radius 2 is 1.41 bits per heavy atom. The minimum absolute atomic E-state index is 0.266. The van der Waals surface area contributed by atoms with Crippen LogP contribution in [0.4, 0.5) is 0 Å². The van der Waals surface area contributed by atoms with Crippen LogP contribution in [0.1, 0.15) is 75.3 Å². The summed E-state index contributed by atoms with van der Waals surface area (Å²) in [7, 11) is 0. The van der Waals surface area contributed by atoms with E-state index in [1.165, 1.54) is 96.0 Å². The number of nitrogens with zero attached hydrogens (tertiary/aromatic N) is 2. The Labute approximate surface area is 267 Å². The molecule has 3 aromatic carbocycles. The van der Waals surface area contributed by atoms with E-state index in [0.29, 0.717) is 12.4 Å². The summed E-state index contributed by atoms with van der Waals surface area (Å²) in [5, 5.41) is 21.1. The van der Waals surface area contributed by atoms with E-state index < -0.39 is 0 Å². The molecule has 4 aromatic rings. The number of thiophene rings is 1. The third-order valence-corrected chi connectivity index (χ3v) is 10.9. The summed E-state index contributed by atoms with van der Waals surface area (Å²) < 4.78 is 6.88. The fraction of sp³-hybridized carbons (Fsp3) is 0.474. The molecule has 2 saturated heterocycles. The highest BCUT2D eigenvalue weighted by Gasteiger charge is 2.22. The molecule has 3 aliphatic rings. The number of rotatable bonds is 8. The van der Waals surface area contributed by atoms with Crippen molar-refractivity contribution in [2.75, 3.05) is 39.3 Å². The highest BCUT2D eigenvalue weighted by molar-refractivity contribution is 7.22. The van der Waals surface area contributed by atoms with Crippen molar-refractivity contribution in [2.45, 2.75) is 76.7 Å². The molecule has 3 fully saturated rings. The molecule has 44 heavy (non-hydrogen) atoms. The molecule has 0 bridgehead atoms. The van der Waals surface area contributed by atoms with Crippen molar-refractivity contribution in [1.29, 1.82) is 0 Å². The summed E-state index contributed by atoms with van der Waals surface area (Å²) in [4.78, 5) is 6.36. The Morgan fingerprint density at radius 1 is 0.727 bits per heavy atom. The van der Waals surface area contributed by atoms with Crippen LogP contribution in [-0.4, -0.2) is 65.4 Å². The second-order valence-electron chi connectivity index (χ2n) is 12.7. The van der Waals surface area contributed by atoms with E-state index in [2.05, 4.69) is 28.0 Å². The van der Waals surface area contributed by atoms with Gasteiger partial charge in [-0.05, 0) is 130 Å². The topological polar surface area (TPSA) is 56.2 Å². The number of hydrogen-bond acceptors (Lipinski definition) is 6. The van der Waals surface area contributed by atoms with E-state index in [0.717, 1.165) is 50.8 Å². The number of fused-ring (bicyclic) bond motifs is 1. The lowest BCUT2D eigenvalue weighted by Gasteiger charge is -2.36. The molecule has 5 nitrogen and oxygen atoms in total. The third-order valence-electron chi connectivity index (χ3n) is 9.59. The molecule has 3 heterocycles. The van der Waals surface area contributed by atoms with Gasteiger partial charge in [0.05, 0.1) is 4.70 Å². The highest BCUT2D eigenvalue weighted by Crippen LogP contribution is 2.43. The van der Waals surface area contributed by atoms with Gasteiger partial charge in [-0.3, -0.25) is 4.90 Å². The van der Waals surface area contributed by atoms with Gasteiger partial charge in [-0.2, -0.15) is 0 Å². The Balaban J connectivity index is 0.000000238. The van der Waals surface area contributed by atoms with E-state index >= 15 is 0 Å². The minimum atomic E-state index is 0.266. The molecule has 0 atom stereocenters. The number of aromatic hydroxyl groups is 2. The van der Waals surface area contributed by atoms with E-state index in [-0.39, 0.29) is 5.75 Å². The first-order valence-corrected chi connectivity index (χ1v) is 17.7. The largest absolute Gasteiger partial charge is 0.508 e. The summed E-state index contributed by atoms with van der Waals surface area (Å²) in [5.41, 5.74) is 3.43. The molecule has 2 N–H and O–H groups in total. The van der Waals surface area contributed by atoms with Crippen molar-refractivity contribution in [1.82, 2.24) is 9.80 Å². The smallest absolute Gasteiger partial charge is 0.133 e. The van der Waals surface area contributed by atoms with Gasteiger partial charge in [-0.15, -0.1) is 11.3 Å². The Bertz CT molecular complexity index is 1430. The van der Waals surface area contributed by atoms with Gasteiger partial charge in [0.25, 0.3) is 0 Å². The zero-order valence-corrected chi connectivity index (χ0v) is 26.9. The molecule has 1 saturated carbocycles. The van der Waals surface area contributed by atoms with Crippen molar-refractivity contribution in [2.24, 2.45) is 0 Å². The fourth-order valence-electron chi connectivity index (χ4n) is 7.11. The van der Waals surface area contributed by atoms with Crippen molar-refractivity contribution in [3.05, 3.63) is 77.9 Å². The molecular formula is C38H48N2O3S. The van der Waals surface area contributed by atoms with Crippen LogP contribution in [0.3, 0.4) is 0 Å². The standard InChI is InChI=1S/C27H27NO3S.C11H21N/c29-21-10-6-19(7-11-21)18-24-23-4-3-5-25(30)27(23)32-26(24)20-8-12-22(13-9-20)31-17-16-28-14-1-2-15-28;1-3-7-11(8-4-1)12-9-5-2-6-10-12/h3-13,29-30H,1-2,14-18H2;11H,1-10H2. The minimum Gasteiger partial charge on any atom is -0.508 e. The number of phenols is 2. The number of piperidine rings is 1. The van der Waals surface area contributed by atoms with E-state index in [1.807, 2.05) is 30.3 Å². The molecule has 2 aliphatic heterocycles. The molecule has 7 rings (SSSR count). The van der Waals surface area contributed by atoms with Crippen LogP contribution in [0, 0.1) is 0 Å². The number of phenolic OH excluding ortho intramolecular Hbond substituents is 2. The molecule has 6 heteroatoms. The molecule has 0 unspecified atom stereocenters. The Kier molecular flexibility index (Phi) is 10.8. The van der Waals surface area contributed by atoms with Crippen LogP contribution < -0.4 is 4.74 Å². The lowest BCUT2D eigenvalue weighted by atomic mass is 9.93. The molecule has 1 aromatic heterocycles. The fourth-order valence-corrected chi connectivity index (χ4v) is 8.35. The lowest BCUT2D eigenvalue weighted by molar-refractivity contribution is 0.131. The first-order valence-electron chi connectivity index (χ1n) is 16.8.